The number of piperidine rings is 1. The van der Waals surface area contributed by atoms with Crippen molar-refractivity contribution in [2.45, 2.75) is 30.5 Å². The number of nitrogens with zero attached hydrogens (tertiary/aromatic N) is 4. The molecule has 106 valence electrons. The second-order valence-electron chi connectivity index (χ2n) is 5.88. The third-order valence-electron chi connectivity index (χ3n) is 4.68. The lowest BCUT2D eigenvalue weighted by molar-refractivity contribution is -0.139. The highest BCUT2D eigenvalue weighted by Gasteiger charge is 2.46. The lowest BCUT2D eigenvalue weighted by Crippen LogP contribution is -2.59. The number of aromatic nitrogens is 3. The van der Waals surface area contributed by atoms with E-state index in [0.717, 1.165) is 5.69 Å². The number of morpholine rings is 1. The second-order valence-corrected chi connectivity index (χ2v) is 5.88. The molecule has 4 heterocycles. The fraction of sp³-hybridized carbons (Fsp3) is 0.571. The van der Waals surface area contributed by atoms with Crippen molar-refractivity contribution in [3.05, 3.63) is 30.4 Å². The maximum atomic E-state index is 11.2. The van der Waals surface area contributed by atoms with Crippen LogP contribution in [0.5, 0.6) is 0 Å². The van der Waals surface area contributed by atoms with Crippen molar-refractivity contribution < 1.29 is 9.84 Å². The third-order valence-corrected chi connectivity index (χ3v) is 4.68. The predicted octanol–water partition coefficient (Wildman–Crippen LogP) is 0.410. The van der Waals surface area contributed by atoms with Crippen molar-refractivity contribution in [3.63, 3.8) is 0 Å². The lowest BCUT2D eigenvalue weighted by atomic mass is 9.79. The number of fused-ring (bicyclic) bond motifs is 3. The Bertz CT molecular complexity index is 627. The average Bonchev–Trinajstić information content (AvgIpc) is 2.85. The number of hydrogen-bond acceptors (Lipinski definition) is 5. The first-order valence-corrected chi connectivity index (χ1v) is 6.98. The number of likely N-dealkylation sites (N-methyl/N-ethyl adjacent to an activating group) is 1. The van der Waals surface area contributed by atoms with Crippen molar-refractivity contribution in [2.24, 2.45) is 0 Å². The van der Waals surface area contributed by atoms with Gasteiger partial charge < -0.3 is 9.84 Å². The molecule has 1 N–H and O–H groups in total. The van der Waals surface area contributed by atoms with Crippen LogP contribution in [0.3, 0.4) is 0 Å². The maximum absolute atomic E-state index is 11.2. The number of rotatable bonds is 1. The Balaban J connectivity index is 1.77. The zero-order chi connectivity index (χ0) is 13.7. The molecule has 0 amide bonds. The van der Waals surface area contributed by atoms with Gasteiger partial charge in [0.15, 0.2) is 0 Å². The highest BCUT2D eigenvalue weighted by molar-refractivity contribution is 5.33. The standard InChI is InChI=1S/C14H18N4O2/c1-17-10-5-14(19,6-11(17)9-20-8-10)12-7-16-13-15-3-2-4-18(12)13/h2-4,7,10-11,19H,5-6,8-9H2,1H3. The molecule has 0 aromatic carbocycles. The summed E-state index contributed by atoms with van der Waals surface area (Å²) in [7, 11) is 2.12. The van der Waals surface area contributed by atoms with Crippen LogP contribution in [0, 0.1) is 0 Å². The van der Waals surface area contributed by atoms with Crippen LogP contribution >= 0.6 is 0 Å². The molecule has 2 aliphatic heterocycles. The van der Waals surface area contributed by atoms with Gasteiger partial charge in [0.05, 0.1) is 25.1 Å². The van der Waals surface area contributed by atoms with Gasteiger partial charge >= 0.3 is 0 Å². The van der Waals surface area contributed by atoms with Gasteiger partial charge in [0.2, 0.25) is 5.78 Å². The molecule has 0 aliphatic carbocycles. The van der Waals surface area contributed by atoms with Gasteiger partial charge in [-0.15, -0.1) is 0 Å². The summed E-state index contributed by atoms with van der Waals surface area (Å²) in [5.41, 5.74) is -0.0146. The second kappa shape index (κ2) is 4.25. The Morgan fingerprint density at radius 1 is 1.30 bits per heavy atom. The van der Waals surface area contributed by atoms with Gasteiger partial charge in [-0.2, -0.15) is 0 Å². The van der Waals surface area contributed by atoms with Crippen LogP contribution in [0.25, 0.3) is 5.78 Å². The van der Waals surface area contributed by atoms with Crippen LogP contribution < -0.4 is 0 Å². The number of ether oxygens (including phenoxy) is 1. The van der Waals surface area contributed by atoms with E-state index in [1.165, 1.54) is 0 Å². The van der Waals surface area contributed by atoms with Crippen LogP contribution in [-0.4, -0.2) is 56.7 Å². The van der Waals surface area contributed by atoms with Crippen molar-refractivity contribution in [1.29, 1.82) is 0 Å². The summed E-state index contributed by atoms with van der Waals surface area (Å²) in [5, 5.41) is 11.2. The van der Waals surface area contributed by atoms with Crippen molar-refractivity contribution in [2.75, 3.05) is 20.3 Å². The van der Waals surface area contributed by atoms with E-state index < -0.39 is 5.60 Å². The first kappa shape index (κ1) is 12.3. The smallest absolute Gasteiger partial charge is 0.233 e. The Morgan fingerprint density at radius 3 is 2.80 bits per heavy atom. The predicted molar refractivity (Wildman–Crippen MR) is 72.3 cm³/mol. The van der Waals surface area contributed by atoms with E-state index in [2.05, 4.69) is 21.9 Å². The van der Waals surface area contributed by atoms with Gasteiger partial charge in [-0.3, -0.25) is 9.30 Å². The highest BCUT2D eigenvalue weighted by atomic mass is 16.5. The number of aliphatic hydroxyl groups is 1. The molecule has 2 aromatic heterocycles. The van der Waals surface area contributed by atoms with Crippen LogP contribution in [0.1, 0.15) is 18.5 Å². The summed E-state index contributed by atoms with van der Waals surface area (Å²) >= 11 is 0. The van der Waals surface area contributed by atoms with Crippen LogP contribution in [-0.2, 0) is 10.3 Å². The van der Waals surface area contributed by atoms with E-state index in [0.29, 0.717) is 31.8 Å². The quantitative estimate of drug-likeness (QED) is 0.816. The molecule has 0 spiro atoms. The highest BCUT2D eigenvalue weighted by Crippen LogP contribution is 2.40. The van der Waals surface area contributed by atoms with Gasteiger partial charge in [-0.05, 0) is 26.0 Å². The molecular formula is C14H18N4O2. The van der Waals surface area contributed by atoms with E-state index >= 15 is 0 Å². The van der Waals surface area contributed by atoms with Gasteiger partial charge in [0.1, 0.15) is 5.60 Å². The molecule has 0 radical (unpaired) electrons. The van der Waals surface area contributed by atoms with Crippen LogP contribution in [0.15, 0.2) is 24.7 Å². The molecule has 2 aromatic rings. The molecule has 2 bridgehead atoms. The lowest BCUT2D eigenvalue weighted by Gasteiger charge is -2.49. The fourth-order valence-corrected chi connectivity index (χ4v) is 3.52. The van der Waals surface area contributed by atoms with Crippen LogP contribution in [0.2, 0.25) is 0 Å². The zero-order valence-corrected chi connectivity index (χ0v) is 11.4. The topological polar surface area (TPSA) is 62.9 Å². The maximum Gasteiger partial charge on any atom is 0.233 e. The molecule has 2 fully saturated rings. The van der Waals surface area contributed by atoms with Gasteiger partial charge in [-0.25, -0.2) is 9.97 Å². The summed E-state index contributed by atoms with van der Waals surface area (Å²) in [6.45, 7) is 1.37. The minimum Gasteiger partial charge on any atom is -0.383 e. The summed E-state index contributed by atoms with van der Waals surface area (Å²) in [6, 6.07) is 2.38. The summed E-state index contributed by atoms with van der Waals surface area (Å²) in [4.78, 5) is 10.9. The van der Waals surface area contributed by atoms with Crippen molar-refractivity contribution in [1.82, 2.24) is 19.3 Å². The van der Waals surface area contributed by atoms with Gasteiger partial charge in [0.25, 0.3) is 0 Å². The Morgan fingerprint density at radius 2 is 2.05 bits per heavy atom. The third kappa shape index (κ3) is 1.69. The first-order valence-electron chi connectivity index (χ1n) is 6.98. The Kier molecular flexibility index (Phi) is 2.60. The molecule has 20 heavy (non-hydrogen) atoms. The molecule has 6 heteroatoms. The SMILES string of the molecule is CN1C2COCC1CC(O)(c1cnc3ncccn13)C2. The molecular weight excluding hydrogens is 256 g/mol. The first-order chi connectivity index (χ1) is 9.67. The molecule has 2 atom stereocenters. The summed E-state index contributed by atoms with van der Waals surface area (Å²) in [5.74, 6) is 0.635. The van der Waals surface area contributed by atoms with Gasteiger partial charge in [0, 0.05) is 24.5 Å². The van der Waals surface area contributed by atoms with E-state index in [9.17, 15) is 5.11 Å². The minimum atomic E-state index is -0.853. The van der Waals surface area contributed by atoms with Crippen LogP contribution in [0.4, 0.5) is 0 Å². The average molecular weight is 274 g/mol. The monoisotopic (exact) mass is 274 g/mol. The minimum absolute atomic E-state index is 0.259. The molecule has 6 nitrogen and oxygen atoms in total. The molecule has 2 saturated heterocycles. The normalized spacial score (nSPS) is 34.5. The summed E-state index contributed by atoms with van der Waals surface area (Å²) in [6.07, 6.45) is 6.72. The van der Waals surface area contributed by atoms with Crippen molar-refractivity contribution >= 4 is 5.78 Å². The van der Waals surface area contributed by atoms with Crippen molar-refractivity contribution in [3.8, 4) is 0 Å². The fourth-order valence-electron chi connectivity index (χ4n) is 3.52. The zero-order valence-electron chi connectivity index (χ0n) is 11.4. The van der Waals surface area contributed by atoms with E-state index in [4.69, 9.17) is 4.74 Å². The number of imidazole rings is 1. The summed E-state index contributed by atoms with van der Waals surface area (Å²) < 4.78 is 7.51. The molecule has 2 unspecified atom stereocenters. The van der Waals surface area contributed by atoms with E-state index in [1.54, 1.807) is 12.4 Å². The molecule has 2 aliphatic rings. The van der Waals surface area contributed by atoms with E-state index in [-0.39, 0.29) is 12.1 Å². The Labute approximate surface area is 117 Å². The van der Waals surface area contributed by atoms with Gasteiger partial charge in [-0.1, -0.05) is 0 Å². The molecule has 4 rings (SSSR count). The largest absolute Gasteiger partial charge is 0.383 e. The number of hydrogen-bond donors (Lipinski definition) is 1. The van der Waals surface area contributed by atoms with E-state index in [1.807, 2.05) is 16.7 Å². The Hall–Kier alpha value is -1.50. The molecule has 0 saturated carbocycles.